The lowest BCUT2D eigenvalue weighted by molar-refractivity contribution is 0.600. The highest BCUT2D eigenvalue weighted by Crippen LogP contribution is 2.38. The summed E-state index contributed by atoms with van der Waals surface area (Å²) in [7, 11) is 0. The molecule has 1 heterocycles. The van der Waals surface area contributed by atoms with E-state index in [0.717, 1.165) is 11.3 Å². The standard InChI is InChI=1S/C10H17N3S2/c1-15-7-3-2-6-13-9(8-4-5-8)11-12-10(13)14/h8H,2-7H2,1H3,(H,12,14). The van der Waals surface area contributed by atoms with Crippen molar-refractivity contribution in [3.05, 3.63) is 10.6 Å². The Morgan fingerprint density at radius 3 is 3.00 bits per heavy atom. The Labute approximate surface area is 99.7 Å². The van der Waals surface area contributed by atoms with Crippen LogP contribution in [-0.4, -0.2) is 26.8 Å². The lowest BCUT2D eigenvalue weighted by Gasteiger charge is -2.05. The van der Waals surface area contributed by atoms with Crippen LogP contribution in [0.1, 0.15) is 37.4 Å². The number of H-pyrrole nitrogens is 1. The molecule has 1 fully saturated rings. The van der Waals surface area contributed by atoms with Gasteiger partial charge in [0.1, 0.15) is 5.82 Å². The molecule has 84 valence electrons. The summed E-state index contributed by atoms with van der Waals surface area (Å²) >= 11 is 7.14. The molecule has 5 heteroatoms. The number of aromatic nitrogens is 3. The predicted molar refractivity (Wildman–Crippen MR) is 67.0 cm³/mol. The molecule has 3 nitrogen and oxygen atoms in total. The molecular formula is C10H17N3S2. The third-order valence-electron chi connectivity index (χ3n) is 2.71. The summed E-state index contributed by atoms with van der Waals surface area (Å²) in [5.74, 6) is 3.10. The lowest BCUT2D eigenvalue weighted by atomic mass is 10.3. The Balaban J connectivity index is 1.94. The fourth-order valence-electron chi connectivity index (χ4n) is 1.72. The number of nitrogens with one attached hydrogen (secondary N) is 1. The van der Waals surface area contributed by atoms with Gasteiger partial charge < -0.3 is 4.57 Å². The molecule has 0 aromatic carbocycles. The van der Waals surface area contributed by atoms with E-state index in [0.29, 0.717) is 5.92 Å². The zero-order valence-corrected chi connectivity index (χ0v) is 10.7. The van der Waals surface area contributed by atoms with Crippen LogP contribution in [0.5, 0.6) is 0 Å². The molecule has 0 atom stereocenters. The van der Waals surface area contributed by atoms with Crippen LogP contribution >= 0.6 is 24.0 Å². The Kier molecular flexibility index (Phi) is 3.86. The Hall–Kier alpha value is -0.290. The topological polar surface area (TPSA) is 33.6 Å². The molecule has 2 rings (SSSR count). The van der Waals surface area contributed by atoms with Crippen molar-refractivity contribution in [3.63, 3.8) is 0 Å². The van der Waals surface area contributed by atoms with Crippen LogP contribution in [0, 0.1) is 4.77 Å². The number of hydrogen-bond acceptors (Lipinski definition) is 3. The molecule has 0 bridgehead atoms. The van der Waals surface area contributed by atoms with E-state index < -0.39 is 0 Å². The third kappa shape index (κ3) is 2.84. The fourth-order valence-corrected chi connectivity index (χ4v) is 2.44. The molecule has 0 amide bonds. The van der Waals surface area contributed by atoms with Crippen LogP contribution in [0.4, 0.5) is 0 Å². The molecule has 1 N–H and O–H groups in total. The highest BCUT2D eigenvalue weighted by molar-refractivity contribution is 7.98. The summed E-state index contributed by atoms with van der Waals surface area (Å²) < 4.78 is 2.98. The maximum Gasteiger partial charge on any atom is 0.195 e. The zero-order chi connectivity index (χ0) is 10.7. The first-order valence-electron chi connectivity index (χ1n) is 5.47. The van der Waals surface area contributed by atoms with Crippen molar-refractivity contribution in [3.8, 4) is 0 Å². The molecule has 0 aliphatic heterocycles. The number of nitrogens with zero attached hydrogens (tertiary/aromatic N) is 2. The Bertz CT molecular complexity index is 365. The average Bonchev–Trinajstić information content (AvgIpc) is 3.00. The van der Waals surface area contributed by atoms with Gasteiger partial charge in [-0.05, 0) is 49.9 Å². The van der Waals surface area contributed by atoms with Crippen LogP contribution in [0.15, 0.2) is 0 Å². The Morgan fingerprint density at radius 2 is 2.33 bits per heavy atom. The van der Waals surface area contributed by atoms with E-state index in [-0.39, 0.29) is 0 Å². The van der Waals surface area contributed by atoms with E-state index in [4.69, 9.17) is 12.2 Å². The number of hydrogen-bond donors (Lipinski definition) is 1. The smallest absolute Gasteiger partial charge is 0.195 e. The van der Waals surface area contributed by atoms with Gasteiger partial charge in [0.15, 0.2) is 4.77 Å². The van der Waals surface area contributed by atoms with Crippen LogP contribution in [0.3, 0.4) is 0 Å². The highest BCUT2D eigenvalue weighted by atomic mass is 32.2. The summed E-state index contributed by atoms with van der Waals surface area (Å²) in [6.45, 7) is 1.03. The summed E-state index contributed by atoms with van der Waals surface area (Å²) in [5.41, 5.74) is 0. The molecule has 1 aliphatic rings. The van der Waals surface area contributed by atoms with E-state index in [1.54, 1.807) is 0 Å². The van der Waals surface area contributed by atoms with Gasteiger partial charge in [0, 0.05) is 12.5 Å². The summed E-state index contributed by atoms with van der Waals surface area (Å²) in [6.07, 6.45) is 7.18. The van der Waals surface area contributed by atoms with E-state index >= 15 is 0 Å². The molecule has 15 heavy (non-hydrogen) atoms. The molecule has 0 saturated heterocycles. The van der Waals surface area contributed by atoms with Crippen molar-refractivity contribution in [2.75, 3.05) is 12.0 Å². The first-order valence-corrected chi connectivity index (χ1v) is 7.27. The largest absolute Gasteiger partial charge is 0.304 e. The van der Waals surface area contributed by atoms with E-state index in [1.807, 2.05) is 11.8 Å². The second-order valence-corrected chi connectivity index (χ2v) is 5.39. The van der Waals surface area contributed by atoms with Gasteiger partial charge >= 0.3 is 0 Å². The molecule has 1 aliphatic carbocycles. The van der Waals surface area contributed by atoms with Crippen LogP contribution in [-0.2, 0) is 6.54 Å². The van der Waals surface area contributed by atoms with Crippen molar-refractivity contribution >= 4 is 24.0 Å². The zero-order valence-electron chi connectivity index (χ0n) is 9.03. The summed E-state index contributed by atoms with van der Waals surface area (Å²) in [5, 5.41) is 7.23. The van der Waals surface area contributed by atoms with Crippen molar-refractivity contribution in [1.82, 2.24) is 14.8 Å². The van der Waals surface area contributed by atoms with Gasteiger partial charge in [-0.2, -0.15) is 16.9 Å². The second kappa shape index (κ2) is 5.16. The van der Waals surface area contributed by atoms with Gasteiger partial charge in [0.05, 0.1) is 0 Å². The number of aromatic amines is 1. The first-order chi connectivity index (χ1) is 7.33. The van der Waals surface area contributed by atoms with Gasteiger partial charge in [-0.25, -0.2) is 0 Å². The van der Waals surface area contributed by atoms with Crippen molar-refractivity contribution in [1.29, 1.82) is 0 Å². The summed E-state index contributed by atoms with van der Waals surface area (Å²) in [4.78, 5) is 0. The highest BCUT2D eigenvalue weighted by Gasteiger charge is 2.28. The van der Waals surface area contributed by atoms with Gasteiger partial charge in [0.2, 0.25) is 0 Å². The van der Waals surface area contributed by atoms with E-state index in [9.17, 15) is 0 Å². The van der Waals surface area contributed by atoms with Crippen LogP contribution in [0.25, 0.3) is 0 Å². The van der Waals surface area contributed by atoms with Crippen molar-refractivity contribution in [2.24, 2.45) is 0 Å². The fraction of sp³-hybridized carbons (Fsp3) is 0.800. The van der Waals surface area contributed by atoms with Gasteiger partial charge in [0.25, 0.3) is 0 Å². The van der Waals surface area contributed by atoms with Gasteiger partial charge in [-0.1, -0.05) is 0 Å². The molecular weight excluding hydrogens is 226 g/mol. The van der Waals surface area contributed by atoms with Crippen LogP contribution < -0.4 is 0 Å². The molecule has 1 aromatic rings. The van der Waals surface area contributed by atoms with Gasteiger partial charge in [-0.3, -0.25) is 5.10 Å². The molecule has 1 saturated carbocycles. The number of rotatable bonds is 6. The Morgan fingerprint density at radius 1 is 1.53 bits per heavy atom. The number of thioether (sulfide) groups is 1. The normalized spacial score (nSPS) is 15.8. The minimum atomic E-state index is 0.679. The van der Waals surface area contributed by atoms with Gasteiger partial charge in [-0.15, -0.1) is 0 Å². The molecule has 0 unspecified atom stereocenters. The maximum atomic E-state index is 5.24. The van der Waals surface area contributed by atoms with E-state index in [1.165, 1.54) is 37.3 Å². The SMILES string of the molecule is CSCCCCn1c(C2CC2)n[nH]c1=S. The minimum Gasteiger partial charge on any atom is -0.304 e. The average molecular weight is 243 g/mol. The van der Waals surface area contributed by atoms with Crippen LogP contribution in [0.2, 0.25) is 0 Å². The quantitative estimate of drug-likeness (QED) is 0.616. The maximum absolute atomic E-state index is 5.24. The summed E-state index contributed by atoms with van der Waals surface area (Å²) in [6, 6.07) is 0. The van der Waals surface area contributed by atoms with E-state index in [2.05, 4.69) is 21.0 Å². The van der Waals surface area contributed by atoms with Crippen molar-refractivity contribution in [2.45, 2.75) is 38.1 Å². The lowest BCUT2D eigenvalue weighted by Crippen LogP contribution is -2.03. The molecule has 1 aromatic heterocycles. The minimum absolute atomic E-state index is 0.679. The molecule has 0 spiro atoms. The predicted octanol–water partition coefficient (Wildman–Crippen LogP) is 2.96. The third-order valence-corrected chi connectivity index (χ3v) is 3.72. The number of unbranched alkanes of at least 4 members (excludes halogenated alkanes) is 1. The first kappa shape index (κ1) is 11.2. The monoisotopic (exact) mass is 243 g/mol. The molecule has 0 radical (unpaired) electrons. The van der Waals surface area contributed by atoms with Crippen molar-refractivity contribution < 1.29 is 0 Å². The second-order valence-electron chi connectivity index (χ2n) is 4.01.